The zero-order valence-electron chi connectivity index (χ0n) is 24.7. The molecule has 2 bridgehead atoms. The van der Waals surface area contributed by atoms with Gasteiger partial charge in [0, 0.05) is 42.4 Å². The van der Waals surface area contributed by atoms with Crippen molar-refractivity contribution in [3.63, 3.8) is 0 Å². The molecule has 1 saturated heterocycles. The number of benzene rings is 4. The highest BCUT2D eigenvalue weighted by Gasteiger charge is 2.70. The average molecular weight is 571 g/mol. The third-order valence-electron chi connectivity index (χ3n) is 10.5. The molecular weight excluding hydrogens is 532 g/mol. The summed E-state index contributed by atoms with van der Waals surface area (Å²) in [7, 11) is 1.64. The van der Waals surface area contributed by atoms with Crippen LogP contribution in [0.15, 0.2) is 109 Å². The van der Waals surface area contributed by atoms with E-state index < -0.39 is 5.41 Å². The van der Waals surface area contributed by atoms with Crippen LogP contribution in [0.1, 0.15) is 46.6 Å². The van der Waals surface area contributed by atoms with E-state index in [2.05, 4.69) is 72.0 Å². The Morgan fingerprint density at radius 3 is 2.37 bits per heavy atom. The zero-order chi connectivity index (χ0) is 29.4. The molecule has 4 aromatic carbocycles. The summed E-state index contributed by atoms with van der Waals surface area (Å²) in [4.78, 5) is 30.8. The highest BCUT2D eigenvalue weighted by Crippen LogP contribution is 2.68. The standard InChI is InChI=1S/C38H38N2O3/c1-43-33-19-11-8-14-28(33)24-35(41)40-25-34-37(29-15-6-3-7-16-29)22-20-32(30-17-9-10-18-31(30)37)38(34,26-40)36(42)39-23-21-27-12-4-2-5-13-27/h2-19,32,34H,20-26H2,1H3,(H,39,42)/t32-,34-,37-,38-/m1/s1. The second kappa shape index (κ2) is 11.0. The fourth-order valence-corrected chi connectivity index (χ4v) is 8.66. The molecule has 218 valence electrons. The first-order chi connectivity index (χ1) is 21.1. The fraction of sp³-hybridized carbons (Fsp3) is 0.316. The number of carbonyl (C=O) groups is 2. The van der Waals surface area contributed by atoms with E-state index in [1.165, 1.54) is 22.3 Å². The monoisotopic (exact) mass is 570 g/mol. The quantitative estimate of drug-likeness (QED) is 0.286. The number of nitrogens with one attached hydrogen (secondary N) is 1. The van der Waals surface area contributed by atoms with Gasteiger partial charge in [0.25, 0.3) is 0 Å². The molecule has 4 aliphatic rings. The third kappa shape index (κ3) is 4.36. The lowest BCUT2D eigenvalue weighted by Gasteiger charge is -2.60. The molecule has 5 heteroatoms. The topological polar surface area (TPSA) is 58.6 Å². The smallest absolute Gasteiger partial charge is 0.229 e. The van der Waals surface area contributed by atoms with Crippen molar-refractivity contribution in [1.82, 2.24) is 10.2 Å². The Morgan fingerprint density at radius 1 is 0.884 bits per heavy atom. The highest BCUT2D eigenvalue weighted by atomic mass is 16.5. The van der Waals surface area contributed by atoms with Crippen molar-refractivity contribution in [3.05, 3.63) is 137 Å². The van der Waals surface area contributed by atoms with Gasteiger partial charge in [0.05, 0.1) is 18.9 Å². The van der Waals surface area contributed by atoms with Gasteiger partial charge in [-0.3, -0.25) is 9.59 Å². The van der Waals surface area contributed by atoms with Crippen molar-refractivity contribution in [2.45, 2.75) is 37.0 Å². The molecule has 0 unspecified atom stereocenters. The number of hydrogen-bond acceptors (Lipinski definition) is 3. The third-order valence-corrected chi connectivity index (χ3v) is 10.5. The molecular formula is C38H38N2O3. The molecule has 1 saturated carbocycles. The van der Waals surface area contributed by atoms with Crippen LogP contribution >= 0.6 is 0 Å². The molecule has 4 atom stereocenters. The normalized spacial score (nSPS) is 25.1. The largest absolute Gasteiger partial charge is 0.496 e. The minimum absolute atomic E-state index is 0.0330. The van der Waals surface area contributed by atoms with Gasteiger partial charge in [-0.15, -0.1) is 0 Å². The van der Waals surface area contributed by atoms with Gasteiger partial charge in [-0.05, 0) is 47.6 Å². The van der Waals surface area contributed by atoms with E-state index >= 15 is 0 Å². The predicted molar refractivity (Wildman–Crippen MR) is 168 cm³/mol. The summed E-state index contributed by atoms with van der Waals surface area (Å²) in [6, 6.07) is 37.5. The second-order valence-corrected chi connectivity index (χ2v) is 12.4. The van der Waals surface area contributed by atoms with Crippen molar-refractivity contribution in [2.75, 3.05) is 26.7 Å². The number of amides is 2. The van der Waals surface area contributed by atoms with E-state index in [4.69, 9.17) is 4.74 Å². The van der Waals surface area contributed by atoms with Crippen LogP contribution in [-0.2, 0) is 27.8 Å². The zero-order valence-corrected chi connectivity index (χ0v) is 24.7. The van der Waals surface area contributed by atoms with Gasteiger partial charge in [0.1, 0.15) is 5.75 Å². The Labute approximate surface area is 253 Å². The summed E-state index contributed by atoms with van der Waals surface area (Å²) in [5.74, 6) is 0.867. The van der Waals surface area contributed by atoms with Gasteiger partial charge >= 0.3 is 0 Å². The van der Waals surface area contributed by atoms with E-state index in [-0.39, 0.29) is 35.5 Å². The number of para-hydroxylation sites is 1. The van der Waals surface area contributed by atoms with E-state index in [0.29, 0.717) is 25.4 Å². The number of ether oxygens (including phenoxy) is 1. The van der Waals surface area contributed by atoms with Crippen LogP contribution in [0.2, 0.25) is 0 Å². The Kier molecular flexibility index (Phi) is 7.04. The molecule has 1 heterocycles. The maximum atomic E-state index is 14.7. The molecule has 1 aliphatic heterocycles. The SMILES string of the molecule is COc1ccccc1CC(=O)N1C[C@@H]2[C@@]3(c4ccccc4)CC[C@H](c4ccccc43)[C@]2(C(=O)NCCc2ccccc2)C1. The molecule has 2 fully saturated rings. The fourth-order valence-electron chi connectivity index (χ4n) is 8.66. The van der Waals surface area contributed by atoms with Gasteiger partial charge in [-0.25, -0.2) is 0 Å². The lowest BCUT2D eigenvalue weighted by atomic mass is 9.42. The van der Waals surface area contributed by atoms with Crippen molar-refractivity contribution in [1.29, 1.82) is 0 Å². The number of rotatable bonds is 8. The summed E-state index contributed by atoms with van der Waals surface area (Å²) >= 11 is 0. The molecule has 2 amide bonds. The molecule has 0 radical (unpaired) electrons. The highest BCUT2D eigenvalue weighted by molar-refractivity contribution is 5.89. The van der Waals surface area contributed by atoms with Crippen LogP contribution in [0.5, 0.6) is 5.75 Å². The van der Waals surface area contributed by atoms with Gasteiger partial charge in [-0.1, -0.05) is 103 Å². The minimum atomic E-state index is -0.713. The van der Waals surface area contributed by atoms with Crippen LogP contribution in [0, 0.1) is 11.3 Å². The average Bonchev–Trinajstić information content (AvgIpc) is 3.50. The summed E-state index contributed by atoms with van der Waals surface area (Å²) in [5, 5.41) is 3.38. The Hall–Kier alpha value is -4.38. The van der Waals surface area contributed by atoms with Crippen LogP contribution in [0.3, 0.4) is 0 Å². The van der Waals surface area contributed by atoms with Crippen molar-refractivity contribution in [3.8, 4) is 5.75 Å². The van der Waals surface area contributed by atoms with Gasteiger partial charge in [0.15, 0.2) is 0 Å². The van der Waals surface area contributed by atoms with Gasteiger partial charge < -0.3 is 15.0 Å². The summed E-state index contributed by atoms with van der Waals surface area (Å²) < 4.78 is 5.57. The Morgan fingerprint density at radius 2 is 1.58 bits per heavy atom. The Bertz CT molecular complexity index is 1640. The molecule has 0 aromatic heterocycles. The Balaban J connectivity index is 1.29. The van der Waals surface area contributed by atoms with Gasteiger partial charge in [-0.2, -0.15) is 0 Å². The van der Waals surface area contributed by atoms with Crippen LogP contribution in [-0.4, -0.2) is 43.5 Å². The van der Waals surface area contributed by atoms with Crippen LogP contribution < -0.4 is 10.1 Å². The molecule has 8 rings (SSSR count). The molecule has 1 N–H and O–H groups in total. The molecule has 43 heavy (non-hydrogen) atoms. The lowest BCUT2D eigenvalue weighted by molar-refractivity contribution is -0.139. The van der Waals surface area contributed by atoms with Crippen LogP contribution in [0.25, 0.3) is 0 Å². The number of hydrogen-bond donors (Lipinski definition) is 1. The maximum Gasteiger partial charge on any atom is 0.229 e. The second-order valence-electron chi connectivity index (χ2n) is 12.4. The minimum Gasteiger partial charge on any atom is -0.496 e. The van der Waals surface area contributed by atoms with E-state index in [0.717, 1.165) is 24.8 Å². The first kappa shape index (κ1) is 27.5. The summed E-state index contributed by atoms with van der Waals surface area (Å²) in [6.07, 6.45) is 2.91. The van der Waals surface area contributed by atoms with Crippen molar-refractivity contribution >= 4 is 11.8 Å². The number of nitrogens with zero attached hydrogens (tertiary/aromatic N) is 1. The molecule has 0 spiro atoms. The lowest BCUT2D eigenvalue weighted by Crippen LogP contribution is -2.62. The molecule has 5 nitrogen and oxygen atoms in total. The predicted octanol–water partition coefficient (Wildman–Crippen LogP) is 5.92. The number of methoxy groups -OCH3 is 1. The van der Waals surface area contributed by atoms with Gasteiger partial charge in [0.2, 0.25) is 11.8 Å². The van der Waals surface area contributed by atoms with Crippen molar-refractivity contribution < 1.29 is 14.3 Å². The number of likely N-dealkylation sites (tertiary alicyclic amines) is 1. The molecule has 3 aliphatic carbocycles. The maximum absolute atomic E-state index is 14.7. The van der Waals surface area contributed by atoms with Crippen LogP contribution in [0.4, 0.5) is 0 Å². The number of carbonyl (C=O) groups excluding carboxylic acids is 2. The first-order valence-corrected chi connectivity index (χ1v) is 15.4. The van der Waals surface area contributed by atoms with E-state index in [1.807, 2.05) is 47.4 Å². The first-order valence-electron chi connectivity index (χ1n) is 15.4. The summed E-state index contributed by atoms with van der Waals surface area (Å²) in [5.41, 5.74) is 4.85. The number of fused-ring (bicyclic) bond motifs is 1. The van der Waals surface area contributed by atoms with E-state index in [9.17, 15) is 9.59 Å². The van der Waals surface area contributed by atoms with E-state index in [1.54, 1.807) is 7.11 Å². The summed E-state index contributed by atoms with van der Waals surface area (Å²) in [6.45, 7) is 1.55. The van der Waals surface area contributed by atoms with Crippen molar-refractivity contribution in [2.24, 2.45) is 11.3 Å². The molecule has 4 aromatic rings.